The van der Waals surface area contributed by atoms with E-state index in [0.29, 0.717) is 17.1 Å². The summed E-state index contributed by atoms with van der Waals surface area (Å²) in [5.41, 5.74) is 0.945. The molecule has 1 fully saturated rings. The number of alkyl halides is 3. The fourth-order valence-corrected chi connectivity index (χ4v) is 3.42. The van der Waals surface area contributed by atoms with E-state index in [1.54, 1.807) is 13.2 Å². The summed E-state index contributed by atoms with van der Waals surface area (Å²) in [5.74, 6) is 1.15. The Balaban J connectivity index is 2.07. The fourth-order valence-electron chi connectivity index (χ4n) is 3.42. The van der Waals surface area contributed by atoms with Gasteiger partial charge in [0.15, 0.2) is 0 Å². The summed E-state index contributed by atoms with van der Waals surface area (Å²) in [6.45, 7) is 1.84. The van der Waals surface area contributed by atoms with Crippen LogP contribution in [0.2, 0.25) is 0 Å². The van der Waals surface area contributed by atoms with E-state index >= 15 is 0 Å². The van der Waals surface area contributed by atoms with Crippen LogP contribution in [0.25, 0.3) is 11.6 Å². The number of allylic oxidation sites excluding steroid dienone is 1. The van der Waals surface area contributed by atoms with Crippen LogP contribution in [-0.4, -0.2) is 27.3 Å². The van der Waals surface area contributed by atoms with Crippen LogP contribution in [0.5, 0.6) is 11.5 Å². The number of anilines is 1. The Morgan fingerprint density at radius 2 is 1.76 bits per heavy atom. The molecule has 0 atom stereocenters. The predicted molar refractivity (Wildman–Crippen MR) is 106 cm³/mol. The molecule has 1 aliphatic heterocycles. The van der Waals surface area contributed by atoms with Gasteiger partial charge in [0.25, 0.3) is 0 Å². The number of nitrogens with zero attached hydrogens (tertiary/aromatic N) is 2. The molecule has 0 amide bonds. The first-order valence-electron chi connectivity index (χ1n) is 9.17. The van der Waals surface area contributed by atoms with Crippen LogP contribution >= 0.6 is 0 Å². The molecular formula is C22H21F3N2O2. The smallest absolute Gasteiger partial charge is 0.416 e. The minimum Gasteiger partial charge on any atom is -0.496 e. The van der Waals surface area contributed by atoms with Gasteiger partial charge >= 0.3 is 6.18 Å². The summed E-state index contributed by atoms with van der Waals surface area (Å²) in [6, 6.07) is 10.3. The molecule has 4 nitrogen and oxygen atoms in total. The van der Waals surface area contributed by atoms with Gasteiger partial charge < -0.3 is 14.4 Å². The normalized spacial score (nSPS) is 14.6. The van der Waals surface area contributed by atoms with Gasteiger partial charge in [0.2, 0.25) is 0 Å². The standard InChI is InChI=1S/C22H21F3N2O2/c1-28-20-13-19(27-8-3-4-9-27)21(29-2)12-16(20)10-17(14-26)15-6-5-7-18(11-15)22(23,24)25/h5-7,10-13H,3-4,8-9H2,1-2H3/b17-10-. The third-order valence-electron chi connectivity index (χ3n) is 4.90. The summed E-state index contributed by atoms with van der Waals surface area (Å²) >= 11 is 0. The maximum Gasteiger partial charge on any atom is 0.416 e. The molecule has 1 aliphatic rings. The monoisotopic (exact) mass is 402 g/mol. The van der Waals surface area contributed by atoms with Crippen LogP contribution in [0.4, 0.5) is 18.9 Å². The molecule has 7 heteroatoms. The van der Waals surface area contributed by atoms with Crippen LogP contribution in [0.1, 0.15) is 29.5 Å². The minimum absolute atomic E-state index is 0.102. The highest BCUT2D eigenvalue weighted by atomic mass is 19.4. The number of benzene rings is 2. The van der Waals surface area contributed by atoms with Crippen LogP contribution in [0.15, 0.2) is 36.4 Å². The second-order valence-electron chi connectivity index (χ2n) is 6.71. The van der Waals surface area contributed by atoms with Gasteiger partial charge in [-0.25, -0.2) is 0 Å². The second-order valence-corrected chi connectivity index (χ2v) is 6.71. The summed E-state index contributed by atoms with van der Waals surface area (Å²) in [7, 11) is 3.08. The van der Waals surface area contributed by atoms with Gasteiger partial charge in [-0.2, -0.15) is 18.4 Å². The van der Waals surface area contributed by atoms with Gasteiger partial charge in [-0.3, -0.25) is 0 Å². The largest absolute Gasteiger partial charge is 0.496 e. The Bertz CT molecular complexity index is 956. The molecule has 1 heterocycles. The van der Waals surface area contributed by atoms with Crippen LogP contribution in [0, 0.1) is 11.3 Å². The number of halogens is 3. The number of ether oxygens (including phenoxy) is 2. The van der Waals surface area contributed by atoms with E-state index in [2.05, 4.69) is 4.90 Å². The maximum atomic E-state index is 13.0. The van der Waals surface area contributed by atoms with E-state index in [-0.39, 0.29) is 11.1 Å². The SMILES string of the molecule is COc1cc(N2CCCC2)c(OC)cc1/C=C(/C#N)c1cccc(C(F)(F)F)c1. The molecule has 0 aliphatic carbocycles. The Morgan fingerprint density at radius 3 is 2.34 bits per heavy atom. The fraction of sp³-hybridized carbons (Fsp3) is 0.318. The van der Waals surface area contributed by atoms with Crippen molar-refractivity contribution in [1.29, 1.82) is 5.26 Å². The third-order valence-corrected chi connectivity index (χ3v) is 4.90. The average Bonchev–Trinajstić information content (AvgIpc) is 3.25. The molecule has 3 rings (SSSR count). The molecule has 0 unspecified atom stereocenters. The number of nitriles is 1. The summed E-state index contributed by atoms with van der Waals surface area (Å²) in [4.78, 5) is 2.20. The molecule has 0 N–H and O–H groups in total. The highest BCUT2D eigenvalue weighted by Gasteiger charge is 2.30. The molecule has 0 bridgehead atoms. The van der Waals surface area contributed by atoms with Crippen LogP contribution in [-0.2, 0) is 6.18 Å². The van der Waals surface area contributed by atoms with Crippen molar-refractivity contribution < 1.29 is 22.6 Å². The van der Waals surface area contributed by atoms with Gasteiger partial charge in [0.05, 0.1) is 37.1 Å². The van der Waals surface area contributed by atoms with Crippen molar-refractivity contribution in [2.75, 3.05) is 32.2 Å². The Kier molecular flexibility index (Phi) is 6.02. The van der Waals surface area contributed by atoms with E-state index in [9.17, 15) is 18.4 Å². The Labute approximate surface area is 167 Å². The maximum absolute atomic E-state index is 13.0. The van der Waals surface area contributed by atoms with Crippen LogP contribution in [0.3, 0.4) is 0 Å². The molecule has 29 heavy (non-hydrogen) atoms. The van der Waals surface area contributed by atoms with Gasteiger partial charge in [-0.1, -0.05) is 12.1 Å². The first kappa shape index (κ1) is 20.6. The molecule has 2 aromatic rings. The third kappa shape index (κ3) is 4.48. The molecule has 0 radical (unpaired) electrons. The van der Waals surface area contributed by atoms with Crippen molar-refractivity contribution in [3.05, 3.63) is 53.1 Å². The number of hydrogen-bond acceptors (Lipinski definition) is 4. The lowest BCUT2D eigenvalue weighted by atomic mass is 10.0. The quantitative estimate of drug-likeness (QED) is 0.497. The van der Waals surface area contributed by atoms with Crippen LogP contribution < -0.4 is 14.4 Å². The van der Waals surface area contributed by atoms with Gasteiger partial charge in [0, 0.05) is 24.7 Å². The second kappa shape index (κ2) is 8.48. The van der Waals surface area contributed by atoms with E-state index < -0.39 is 11.7 Å². The first-order chi connectivity index (χ1) is 13.9. The predicted octanol–water partition coefficient (Wildman–Crippen LogP) is 5.39. The van der Waals surface area contributed by atoms with Crippen molar-refractivity contribution in [2.24, 2.45) is 0 Å². The van der Waals surface area contributed by atoms with E-state index in [1.165, 1.54) is 25.3 Å². The molecule has 1 saturated heterocycles. The summed E-state index contributed by atoms with van der Waals surface area (Å²) in [6.07, 6.45) is -0.762. The van der Waals surface area contributed by atoms with Crippen molar-refractivity contribution in [1.82, 2.24) is 0 Å². The molecule has 0 spiro atoms. The molecule has 0 aromatic heterocycles. The summed E-state index contributed by atoms with van der Waals surface area (Å²) in [5, 5.41) is 9.57. The van der Waals surface area contributed by atoms with Gasteiger partial charge in [0.1, 0.15) is 11.5 Å². The molecule has 152 valence electrons. The van der Waals surface area contributed by atoms with Crippen molar-refractivity contribution >= 4 is 17.3 Å². The number of methoxy groups -OCH3 is 2. The highest BCUT2D eigenvalue weighted by Crippen LogP contribution is 2.39. The van der Waals surface area contributed by atoms with E-state index in [0.717, 1.165) is 43.8 Å². The number of rotatable bonds is 5. The highest BCUT2D eigenvalue weighted by molar-refractivity contribution is 5.91. The first-order valence-corrected chi connectivity index (χ1v) is 9.17. The molecular weight excluding hydrogens is 381 g/mol. The zero-order valence-electron chi connectivity index (χ0n) is 16.2. The topological polar surface area (TPSA) is 45.5 Å². The lowest BCUT2D eigenvalue weighted by Gasteiger charge is -2.22. The van der Waals surface area contributed by atoms with Crippen molar-refractivity contribution in [3.63, 3.8) is 0 Å². The lowest BCUT2D eigenvalue weighted by Crippen LogP contribution is -2.18. The molecule has 0 saturated carbocycles. The molecule has 2 aromatic carbocycles. The minimum atomic E-state index is -4.48. The van der Waals surface area contributed by atoms with Crippen molar-refractivity contribution in [3.8, 4) is 17.6 Å². The summed E-state index contributed by atoms with van der Waals surface area (Å²) < 4.78 is 50.1. The van der Waals surface area contributed by atoms with E-state index in [1.807, 2.05) is 12.1 Å². The zero-order chi connectivity index (χ0) is 21.0. The van der Waals surface area contributed by atoms with Gasteiger partial charge in [-0.15, -0.1) is 0 Å². The number of hydrogen-bond donors (Lipinski definition) is 0. The Morgan fingerprint density at radius 1 is 1.07 bits per heavy atom. The van der Waals surface area contributed by atoms with Gasteiger partial charge in [-0.05, 0) is 42.7 Å². The van der Waals surface area contributed by atoms with E-state index in [4.69, 9.17) is 9.47 Å². The van der Waals surface area contributed by atoms with Crippen molar-refractivity contribution in [2.45, 2.75) is 19.0 Å². The zero-order valence-corrected chi connectivity index (χ0v) is 16.2. The lowest BCUT2D eigenvalue weighted by molar-refractivity contribution is -0.137. The average molecular weight is 402 g/mol. The Hall–Kier alpha value is -3.14.